The summed E-state index contributed by atoms with van der Waals surface area (Å²) in [6, 6.07) is 0. The molecule has 0 aromatic carbocycles. The molecule has 0 unspecified atom stereocenters. The Balaban J connectivity index is 3.30. The second kappa shape index (κ2) is 19.3. The van der Waals surface area contributed by atoms with Crippen molar-refractivity contribution in [1.82, 2.24) is 0 Å². The molecule has 0 spiro atoms. The topological polar surface area (TPSA) is 101 Å². The quantitative estimate of drug-likeness (QED) is 0.132. The number of ketones is 1. The van der Waals surface area contributed by atoms with Gasteiger partial charge in [0.1, 0.15) is 6.61 Å². The molecule has 0 aliphatic carbocycles. The average Bonchev–Trinajstić information content (AvgIpc) is 2.67. The Morgan fingerprint density at radius 2 is 1.10 bits per heavy atom. The Hall–Kier alpha value is -0.710. The number of unbranched alkanes of at least 4 members (excludes halogenated alkanes) is 14. The van der Waals surface area contributed by atoms with Crippen LogP contribution < -0.4 is 0 Å². The van der Waals surface area contributed by atoms with Crippen LogP contribution in [0.3, 0.4) is 0 Å². The molecule has 0 atom stereocenters. The number of carbonyl (C=O) groups is 2. The lowest BCUT2D eigenvalue weighted by Gasteiger charge is -2.06. The molecule has 0 amide bonds. The van der Waals surface area contributed by atoms with Crippen LogP contribution in [0.15, 0.2) is 0 Å². The first-order valence-corrected chi connectivity index (χ1v) is 13.4. The number of carbonyl (C=O) groups excluding carboxylic acids is 2. The third kappa shape index (κ3) is 23.4. The van der Waals surface area contributed by atoms with Crippen LogP contribution >= 0.6 is 7.60 Å². The van der Waals surface area contributed by atoms with E-state index < -0.39 is 32.1 Å². The minimum atomic E-state index is -4.17. The number of ether oxygens (including phenoxy) is 1. The fourth-order valence-corrected chi connectivity index (χ4v) is 3.76. The van der Waals surface area contributed by atoms with Crippen molar-refractivity contribution < 1.29 is 28.7 Å². The van der Waals surface area contributed by atoms with Crippen LogP contribution in [0.2, 0.25) is 0 Å². The third-order valence-corrected chi connectivity index (χ3v) is 5.87. The molecular formula is C22H43O6P. The average molecular weight is 435 g/mol. The SMILES string of the molecule is CCCCCCCCCCCCCCCCCC(=O)OCC(=O)CCP(=O)(O)O. The van der Waals surface area contributed by atoms with Gasteiger partial charge in [0, 0.05) is 12.8 Å². The van der Waals surface area contributed by atoms with Crippen molar-refractivity contribution in [2.45, 2.75) is 116 Å². The molecule has 29 heavy (non-hydrogen) atoms. The minimum Gasteiger partial charge on any atom is -0.458 e. The minimum absolute atomic E-state index is 0.267. The van der Waals surface area contributed by atoms with E-state index in [0.717, 1.165) is 19.3 Å². The van der Waals surface area contributed by atoms with E-state index in [2.05, 4.69) is 6.92 Å². The highest BCUT2D eigenvalue weighted by Gasteiger charge is 2.16. The van der Waals surface area contributed by atoms with Gasteiger partial charge in [0.2, 0.25) is 0 Å². The molecule has 0 aliphatic rings. The molecule has 0 heterocycles. The molecule has 0 saturated carbocycles. The molecule has 172 valence electrons. The van der Waals surface area contributed by atoms with Crippen molar-refractivity contribution in [2.24, 2.45) is 0 Å². The van der Waals surface area contributed by atoms with Gasteiger partial charge in [-0.2, -0.15) is 0 Å². The van der Waals surface area contributed by atoms with Crippen molar-refractivity contribution in [3.8, 4) is 0 Å². The third-order valence-electron chi connectivity index (χ3n) is 5.06. The van der Waals surface area contributed by atoms with E-state index in [1.807, 2.05) is 0 Å². The number of esters is 1. The molecule has 0 aliphatic heterocycles. The zero-order valence-electron chi connectivity index (χ0n) is 18.4. The van der Waals surface area contributed by atoms with Gasteiger partial charge >= 0.3 is 13.6 Å². The van der Waals surface area contributed by atoms with E-state index >= 15 is 0 Å². The standard InChI is InChI=1S/C22H43O6P/c1-2-3-4-5-6-7-8-9-10-11-12-13-14-15-16-17-22(24)28-20-21(23)18-19-29(25,26)27/h2-20H2,1H3,(H2,25,26,27). The van der Waals surface area contributed by atoms with Crippen molar-refractivity contribution in [3.63, 3.8) is 0 Å². The molecule has 0 radical (unpaired) electrons. The summed E-state index contributed by atoms with van der Waals surface area (Å²) in [7, 11) is -4.17. The zero-order valence-corrected chi connectivity index (χ0v) is 19.3. The summed E-state index contributed by atoms with van der Waals surface area (Å²) < 4.78 is 15.5. The lowest BCUT2D eigenvalue weighted by Crippen LogP contribution is -2.14. The van der Waals surface area contributed by atoms with Crippen molar-refractivity contribution in [1.29, 1.82) is 0 Å². The number of hydrogen-bond acceptors (Lipinski definition) is 4. The number of Topliss-reactive ketones (excluding diaryl/α,β-unsaturated/α-hetero) is 1. The zero-order chi connectivity index (χ0) is 21.8. The summed E-state index contributed by atoms with van der Waals surface area (Å²) in [6.45, 7) is 1.86. The summed E-state index contributed by atoms with van der Waals surface area (Å²) in [5.41, 5.74) is 0. The van der Waals surface area contributed by atoms with Crippen molar-refractivity contribution >= 4 is 19.3 Å². The first-order chi connectivity index (χ1) is 13.8. The highest BCUT2D eigenvalue weighted by atomic mass is 31.2. The van der Waals surface area contributed by atoms with E-state index in [0.29, 0.717) is 6.42 Å². The highest BCUT2D eigenvalue weighted by molar-refractivity contribution is 7.51. The van der Waals surface area contributed by atoms with Gasteiger partial charge in [-0.05, 0) is 6.42 Å². The molecule has 7 heteroatoms. The molecule has 0 fully saturated rings. The molecule has 0 aromatic heterocycles. The van der Waals surface area contributed by atoms with Gasteiger partial charge in [0.25, 0.3) is 0 Å². The molecule has 6 nitrogen and oxygen atoms in total. The number of rotatable bonds is 21. The Bertz CT molecular complexity index is 460. The summed E-state index contributed by atoms with van der Waals surface area (Å²) in [4.78, 5) is 40.3. The molecule has 0 saturated heterocycles. The second-order valence-corrected chi connectivity index (χ2v) is 9.81. The van der Waals surface area contributed by atoms with E-state index in [1.54, 1.807) is 0 Å². The van der Waals surface area contributed by atoms with Crippen LogP contribution in [-0.4, -0.2) is 34.3 Å². The Morgan fingerprint density at radius 1 is 0.690 bits per heavy atom. The fraction of sp³-hybridized carbons (Fsp3) is 0.909. The van der Waals surface area contributed by atoms with Crippen molar-refractivity contribution in [2.75, 3.05) is 12.8 Å². The van der Waals surface area contributed by atoms with Gasteiger partial charge < -0.3 is 14.5 Å². The van der Waals surface area contributed by atoms with Crippen LogP contribution in [0.25, 0.3) is 0 Å². The van der Waals surface area contributed by atoms with Crippen molar-refractivity contribution in [3.05, 3.63) is 0 Å². The molecular weight excluding hydrogens is 391 g/mol. The van der Waals surface area contributed by atoms with Gasteiger partial charge in [-0.25, -0.2) is 0 Å². The Labute approximate surface area is 177 Å². The first-order valence-electron chi connectivity index (χ1n) is 11.6. The van der Waals surface area contributed by atoms with E-state index in [1.165, 1.54) is 77.0 Å². The van der Waals surface area contributed by atoms with Gasteiger partial charge in [0.15, 0.2) is 5.78 Å². The van der Waals surface area contributed by atoms with Crippen LogP contribution in [0, 0.1) is 0 Å². The van der Waals surface area contributed by atoms with Crippen LogP contribution in [0.4, 0.5) is 0 Å². The number of hydrogen-bond donors (Lipinski definition) is 2. The first kappa shape index (κ1) is 28.3. The van der Waals surface area contributed by atoms with E-state index in [-0.39, 0.29) is 6.42 Å². The van der Waals surface area contributed by atoms with Gasteiger partial charge in [-0.1, -0.05) is 96.8 Å². The normalized spacial score (nSPS) is 11.6. The smallest absolute Gasteiger partial charge is 0.326 e. The van der Waals surface area contributed by atoms with Gasteiger partial charge in [-0.3, -0.25) is 14.2 Å². The predicted octanol–water partition coefficient (Wildman–Crippen LogP) is 5.93. The highest BCUT2D eigenvalue weighted by Crippen LogP contribution is 2.34. The molecule has 2 N–H and O–H groups in total. The monoisotopic (exact) mass is 434 g/mol. The summed E-state index contributed by atoms with van der Waals surface area (Å²) in [6.07, 6.45) is 18.5. The van der Waals surface area contributed by atoms with Crippen LogP contribution in [0.1, 0.15) is 116 Å². The molecule has 0 aromatic rings. The maximum atomic E-state index is 11.6. The van der Waals surface area contributed by atoms with Crippen LogP contribution in [-0.2, 0) is 18.9 Å². The van der Waals surface area contributed by atoms with Crippen LogP contribution in [0.5, 0.6) is 0 Å². The van der Waals surface area contributed by atoms with Gasteiger partial charge in [0.05, 0.1) is 6.16 Å². The maximum Gasteiger partial charge on any atom is 0.326 e. The lowest BCUT2D eigenvalue weighted by molar-refractivity contribution is -0.148. The largest absolute Gasteiger partial charge is 0.458 e. The molecule has 0 rings (SSSR count). The van der Waals surface area contributed by atoms with Gasteiger partial charge in [-0.15, -0.1) is 0 Å². The summed E-state index contributed by atoms with van der Waals surface area (Å²) >= 11 is 0. The maximum absolute atomic E-state index is 11.6. The predicted molar refractivity (Wildman–Crippen MR) is 117 cm³/mol. The summed E-state index contributed by atoms with van der Waals surface area (Å²) in [5.74, 6) is -0.873. The summed E-state index contributed by atoms with van der Waals surface area (Å²) in [5, 5.41) is 0. The van der Waals surface area contributed by atoms with E-state index in [9.17, 15) is 14.2 Å². The Morgan fingerprint density at radius 3 is 1.52 bits per heavy atom. The van der Waals surface area contributed by atoms with E-state index in [4.69, 9.17) is 14.5 Å². The lowest BCUT2D eigenvalue weighted by atomic mass is 10.0. The fourth-order valence-electron chi connectivity index (χ4n) is 3.22. The second-order valence-electron chi connectivity index (χ2n) is 8.04. The Kier molecular flexibility index (Phi) is 18.8. The molecule has 0 bridgehead atoms.